The van der Waals surface area contributed by atoms with E-state index in [9.17, 15) is 4.79 Å². The normalized spacial score (nSPS) is 26.0. The molecule has 0 aromatic carbocycles. The summed E-state index contributed by atoms with van der Waals surface area (Å²) >= 11 is 0. The molecule has 1 aliphatic heterocycles. The number of rotatable bonds is 2. The van der Waals surface area contributed by atoms with Gasteiger partial charge >= 0.3 is 0 Å². The van der Waals surface area contributed by atoms with Gasteiger partial charge in [-0.05, 0) is 39.3 Å². The molecule has 1 saturated heterocycles. The van der Waals surface area contributed by atoms with Crippen LogP contribution in [0.5, 0.6) is 0 Å². The molecule has 0 radical (unpaired) electrons. The average molecular weight is 183 g/mol. The van der Waals surface area contributed by atoms with E-state index in [4.69, 9.17) is 0 Å². The molecular weight excluding hydrogens is 162 g/mol. The number of Topliss-reactive ketones (excluding diaryl/α,β-unsaturated/α-hetero) is 1. The van der Waals surface area contributed by atoms with Crippen molar-refractivity contribution in [3.63, 3.8) is 0 Å². The number of nitrogens with zero attached hydrogens (tertiary/aromatic N) is 1. The van der Waals surface area contributed by atoms with Crippen LogP contribution in [0.3, 0.4) is 0 Å². The number of piperidine rings is 1. The van der Waals surface area contributed by atoms with Crippen molar-refractivity contribution in [2.45, 2.75) is 33.6 Å². The molecule has 1 atom stereocenters. The fourth-order valence-corrected chi connectivity index (χ4v) is 2.04. The molecule has 1 aliphatic rings. The molecule has 76 valence electrons. The summed E-state index contributed by atoms with van der Waals surface area (Å²) < 4.78 is 0. The van der Waals surface area contributed by atoms with Gasteiger partial charge in [-0.3, -0.25) is 4.79 Å². The van der Waals surface area contributed by atoms with Crippen LogP contribution in [-0.4, -0.2) is 30.8 Å². The molecule has 0 spiro atoms. The average Bonchev–Trinajstić information content (AvgIpc) is 2.04. The Hall–Kier alpha value is -0.370. The van der Waals surface area contributed by atoms with E-state index < -0.39 is 0 Å². The molecule has 13 heavy (non-hydrogen) atoms. The monoisotopic (exact) mass is 183 g/mol. The second-order valence-electron chi connectivity index (χ2n) is 4.88. The lowest BCUT2D eigenvalue weighted by molar-refractivity contribution is -0.128. The van der Waals surface area contributed by atoms with Crippen molar-refractivity contribution in [2.75, 3.05) is 20.1 Å². The van der Waals surface area contributed by atoms with Crippen LogP contribution in [-0.2, 0) is 4.79 Å². The Morgan fingerprint density at radius 1 is 1.46 bits per heavy atom. The third kappa shape index (κ3) is 2.31. The first-order chi connectivity index (χ1) is 5.94. The largest absolute Gasteiger partial charge is 0.306 e. The van der Waals surface area contributed by atoms with E-state index in [-0.39, 0.29) is 5.41 Å². The summed E-state index contributed by atoms with van der Waals surface area (Å²) in [4.78, 5) is 13.8. The van der Waals surface area contributed by atoms with E-state index in [2.05, 4.69) is 25.8 Å². The van der Waals surface area contributed by atoms with Crippen LogP contribution < -0.4 is 0 Å². The quantitative estimate of drug-likeness (QED) is 0.652. The van der Waals surface area contributed by atoms with Gasteiger partial charge in [0.1, 0.15) is 5.78 Å². The fourth-order valence-electron chi connectivity index (χ4n) is 2.04. The maximum atomic E-state index is 11.5. The van der Waals surface area contributed by atoms with Crippen molar-refractivity contribution in [3.8, 4) is 0 Å². The zero-order valence-corrected chi connectivity index (χ0v) is 9.26. The van der Waals surface area contributed by atoms with Crippen molar-refractivity contribution < 1.29 is 4.79 Å². The van der Waals surface area contributed by atoms with Gasteiger partial charge in [0.25, 0.3) is 0 Å². The minimum Gasteiger partial charge on any atom is -0.306 e. The molecule has 0 bridgehead atoms. The van der Waals surface area contributed by atoms with Crippen molar-refractivity contribution >= 4 is 5.78 Å². The van der Waals surface area contributed by atoms with Gasteiger partial charge in [-0.25, -0.2) is 0 Å². The van der Waals surface area contributed by atoms with Crippen molar-refractivity contribution in [2.24, 2.45) is 11.3 Å². The molecule has 1 rings (SSSR count). The lowest BCUT2D eigenvalue weighted by atomic mass is 9.72. The Labute approximate surface area is 81.3 Å². The number of ketones is 1. The zero-order valence-electron chi connectivity index (χ0n) is 9.26. The zero-order chi connectivity index (χ0) is 10.1. The number of hydrogen-bond donors (Lipinski definition) is 0. The molecule has 0 aliphatic carbocycles. The van der Waals surface area contributed by atoms with Gasteiger partial charge < -0.3 is 4.90 Å². The van der Waals surface area contributed by atoms with Crippen LogP contribution in [0.1, 0.15) is 33.6 Å². The van der Waals surface area contributed by atoms with Gasteiger partial charge in [0, 0.05) is 12.0 Å². The van der Waals surface area contributed by atoms with E-state index in [0.29, 0.717) is 11.7 Å². The van der Waals surface area contributed by atoms with Gasteiger partial charge in [0.2, 0.25) is 0 Å². The number of carbonyl (C=O) groups excluding carboxylic acids is 1. The van der Waals surface area contributed by atoms with Gasteiger partial charge in [0.15, 0.2) is 0 Å². The summed E-state index contributed by atoms with van der Waals surface area (Å²) in [7, 11) is 2.14. The van der Waals surface area contributed by atoms with Crippen LogP contribution in [0.2, 0.25) is 0 Å². The molecule has 1 heterocycles. The summed E-state index contributed by atoms with van der Waals surface area (Å²) in [5, 5.41) is 0. The number of likely N-dealkylation sites (tertiary alicyclic amines) is 1. The highest BCUT2D eigenvalue weighted by Crippen LogP contribution is 2.34. The maximum absolute atomic E-state index is 11.5. The highest BCUT2D eigenvalue weighted by molar-refractivity contribution is 5.81. The van der Waals surface area contributed by atoms with Crippen molar-refractivity contribution in [3.05, 3.63) is 0 Å². The minimum atomic E-state index is -0.130. The van der Waals surface area contributed by atoms with Crippen molar-refractivity contribution in [1.82, 2.24) is 4.90 Å². The predicted octanol–water partition coefficient (Wildman–Crippen LogP) is 1.94. The Morgan fingerprint density at radius 2 is 2.08 bits per heavy atom. The number of hydrogen-bond acceptors (Lipinski definition) is 2. The Bertz CT molecular complexity index is 198. The van der Waals surface area contributed by atoms with E-state index >= 15 is 0 Å². The first kappa shape index (κ1) is 10.7. The SMILES string of the molecule is CC(=O)C(C)(C)[C@@H]1CCCN(C)C1. The summed E-state index contributed by atoms with van der Waals surface area (Å²) in [6.07, 6.45) is 2.44. The summed E-state index contributed by atoms with van der Waals surface area (Å²) in [6, 6.07) is 0. The molecule has 0 aromatic heterocycles. The molecule has 0 saturated carbocycles. The third-order valence-corrected chi connectivity index (χ3v) is 3.55. The van der Waals surface area contributed by atoms with E-state index in [1.165, 1.54) is 19.4 Å². The molecule has 0 aromatic rings. The van der Waals surface area contributed by atoms with Crippen LogP contribution in [0.25, 0.3) is 0 Å². The standard InChI is InChI=1S/C11H21NO/c1-9(13)11(2,3)10-6-5-7-12(4)8-10/h10H,5-8H2,1-4H3/t10-/m1/s1. The van der Waals surface area contributed by atoms with E-state index in [0.717, 1.165) is 6.54 Å². The predicted molar refractivity (Wildman–Crippen MR) is 54.7 cm³/mol. The van der Waals surface area contributed by atoms with E-state index in [1.54, 1.807) is 6.92 Å². The van der Waals surface area contributed by atoms with Crippen LogP contribution >= 0.6 is 0 Å². The van der Waals surface area contributed by atoms with Crippen LogP contribution in [0, 0.1) is 11.3 Å². The highest BCUT2D eigenvalue weighted by atomic mass is 16.1. The lowest BCUT2D eigenvalue weighted by Gasteiger charge is -2.38. The van der Waals surface area contributed by atoms with Crippen molar-refractivity contribution in [1.29, 1.82) is 0 Å². The van der Waals surface area contributed by atoms with Crippen LogP contribution in [0.4, 0.5) is 0 Å². The lowest BCUT2D eigenvalue weighted by Crippen LogP contribution is -2.42. The minimum absolute atomic E-state index is 0.130. The number of carbonyl (C=O) groups is 1. The Kier molecular flexibility index (Phi) is 3.12. The van der Waals surface area contributed by atoms with E-state index in [1.807, 2.05) is 0 Å². The Balaban J connectivity index is 2.64. The molecule has 2 heteroatoms. The molecule has 0 N–H and O–H groups in total. The van der Waals surface area contributed by atoms with Gasteiger partial charge in [0.05, 0.1) is 0 Å². The smallest absolute Gasteiger partial charge is 0.135 e. The second-order valence-corrected chi connectivity index (χ2v) is 4.88. The first-order valence-corrected chi connectivity index (χ1v) is 5.14. The topological polar surface area (TPSA) is 20.3 Å². The molecule has 2 nitrogen and oxygen atoms in total. The Morgan fingerprint density at radius 3 is 2.54 bits per heavy atom. The summed E-state index contributed by atoms with van der Waals surface area (Å²) in [5.41, 5.74) is -0.130. The van der Waals surface area contributed by atoms with Gasteiger partial charge in [-0.15, -0.1) is 0 Å². The second kappa shape index (κ2) is 3.79. The molecule has 0 unspecified atom stereocenters. The molecule has 1 fully saturated rings. The maximum Gasteiger partial charge on any atom is 0.135 e. The summed E-state index contributed by atoms with van der Waals surface area (Å²) in [6.45, 7) is 8.14. The van der Waals surface area contributed by atoms with Gasteiger partial charge in [-0.2, -0.15) is 0 Å². The summed E-state index contributed by atoms with van der Waals surface area (Å²) in [5.74, 6) is 0.872. The molecule has 0 amide bonds. The first-order valence-electron chi connectivity index (χ1n) is 5.14. The van der Waals surface area contributed by atoms with Gasteiger partial charge in [-0.1, -0.05) is 13.8 Å². The fraction of sp³-hybridized carbons (Fsp3) is 0.909. The highest BCUT2D eigenvalue weighted by Gasteiger charge is 2.35. The van der Waals surface area contributed by atoms with Crippen LogP contribution in [0.15, 0.2) is 0 Å². The third-order valence-electron chi connectivity index (χ3n) is 3.55. The molecular formula is C11H21NO.